The van der Waals surface area contributed by atoms with Gasteiger partial charge in [-0.15, -0.1) is 10.2 Å². The van der Waals surface area contributed by atoms with Gasteiger partial charge in [0.2, 0.25) is 21.0 Å². The number of thiazole rings is 1. The van der Waals surface area contributed by atoms with Gasteiger partial charge in [-0.2, -0.15) is 5.10 Å². The summed E-state index contributed by atoms with van der Waals surface area (Å²) in [5.74, 6) is 1.07. The first kappa shape index (κ1) is 27.4. The Morgan fingerprint density at radius 2 is 1.75 bits per heavy atom. The molecule has 1 aromatic heterocycles. The van der Waals surface area contributed by atoms with Crippen LogP contribution in [0.1, 0.15) is 30.0 Å². The number of primary sulfonamides is 1. The van der Waals surface area contributed by atoms with Crippen molar-refractivity contribution in [2.24, 2.45) is 20.5 Å². The van der Waals surface area contributed by atoms with Crippen LogP contribution in [0.15, 0.2) is 68.8 Å². The number of hydrogen-bond donors (Lipinski definition) is 2. The molecule has 0 bridgehead atoms. The van der Waals surface area contributed by atoms with Gasteiger partial charge < -0.3 is 9.64 Å². The molecular weight excluding hydrogens is 498 g/mol. The van der Waals surface area contributed by atoms with Crippen molar-refractivity contribution in [3.63, 3.8) is 0 Å². The summed E-state index contributed by atoms with van der Waals surface area (Å²) in [6.07, 6.45) is 0. The lowest BCUT2D eigenvalue weighted by molar-refractivity contribution is 0.223. The molecule has 36 heavy (non-hydrogen) atoms. The Kier molecular flexibility index (Phi) is 9.65. The predicted octanol–water partition coefficient (Wildman–Crippen LogP) is 4.69. The summed E-state index contributed by atoms with van der Waals surface area (Å²) in [6.45, 7) is 11.6. The van der Waals surface area contributed by atoms with Crippen molar-refractivity contribution >= 4 is 38.0 Å². The molecule has 0 saturated carbocycles. The fraction of sp³-hybridized carbons (Fsp3) is 0.333. The van der Waals surface area contributed by atoms with Crippen LogP contribution in [0.5, 0.6) is 5.75 Å². The van der Waals surface area contributed by atoms with Gasteiger partial charge in [0.1, 0.15) is 12.4 Å². The summed E-state index contributed by atoms with van der Waals surface area (Å²) >= 11 is 1.45. The number of anilines is 1. The number of azo groups is 1. The molecule has 3 rings (SSSR count). The first-order valence-electron chi connectivity index (χ1n) is 11.5. The zero-order chi connectivity index (χ0) is 26.1. The fourth-order valence-electron chi connectivity index (χ4n) is 3.10. The lowest BCUT2D eigenvalue weighted by atomic mass is 10.2. The molecule has 0 atom stereocenters. The zero-order valence-corrected chi connectivity index (χ0v) is 22.4. The second-order valence-electron chi connectivity index (χ2n) is 7.85. The lowest BCUT2D eigenvalue weighted by Gasteiger charge is -2.18. The van der Waals surface area contributed by atoms with Crippen molar-refractivity contribution in [2.45, 2.75) is 32.6 Å². The molecular formula is C24H31N7O3S2. The minimum absolute atomic E-state index is 0.0167. The highest BCUT2D eigenvalue weighted by Gasteiger charge is 2.09. The van der Waals surface area contributed by atoms with Gasteiger partial charge in [-0.1, -0.05) is 25.2 Å². The topological polar surface area (TPSA) is 135 Å². The molecule has 192 valence electrons. The number of nitrogens with two attached hydrogens (primary N) is 1. The maximum atomic E-state index is 11.5. The Balaban J connectivity index is 1.79. The van der Waals surface area contributed by atoms with E-state index in [1.807, 2.05) is 38.1 Å². The number of nitrogens with one attached hydrogen (secondary N) is 1. The minimum Gasteiger partial charge on any atom is -0.492 e. The Hall–Kier alpha value is -3.19. The Labute approximate surface area is 216 Å². The third kappa shape index (κ3) is 7.92. The van der Waals surface area contributed by atoms with E-state index < -0.39 is 10.0 Å². The highest BCUT2D eigenvalue weighted by molar-refractivity contribution is 7.89. The SMILES string of the molecule is CCN(CC)CCOc1ccc(/C(N=Nc2nc(C)c(C)s2)=N\Nc2ccc(S(N)(=O)=O)cc2)cc1. The number of hydrazone groups is 1. The van der Waals surface area contributed by atoms with E-state index in [1.54, 1.807) is 12.1 Å². The summed E-state index contributed by atoms with van der Waals surface area (Å²) in [5, 5.41) is 18.7. The zero-order valence-electron chi connectivity index (χ0n) is 20.8. The third-order valence-corrected chi connectivity index (χ3v) is 7.29. The summed E-state index contributed by atoms with van der Waals surface area (Å²) in [4.78, 5) is 7.77. The van der Waals surface area contributed by atoms with Crippen LogP contribution >= 0.6 is 11.3 Å². The van der Waals surface area contributed by atoms with Gasteiger partial charge in [-0.3, -0.25) is 5.43 Å². The highest BCUT2D eigenvalue weighted by atomic mass is 32.2. The maximum absolute atomic E-state index is 11.5. The number of nitrogens with zero attached hydrogens (tertiary/aromatic N) is 5. The standard InChI is InChI=1S/C24H31N7O3S2/c1-5-31(6-2)15-16-34-21-11-7-19(8-12-21)23(29-30-24-26-17(3)18(4)35-24)28-27-20-9-13-22(14-10-20)36(25,32)33/h7-14,27H,5-6,15-16H2,1-4H3,(H2,25,32,33)/b28-23+,30-29?. The number of hydrogen-bond acceptors (Lipinski definition) is 9. The largest absolute Gasteiger partial charge is 0.492 e. The minimum atomic E-state index is -3.77. The van der Waals surface area contributed by atoms with Crippen LogP contribution in [0.25, 0.3) is 0 Å². The number of likely N-dealkylation sites (N-methyl/N-ethyl adjacent to an activating group) is 1. The van der Waals surface area contributed by atoms with Gasteiger partial charge in [0.25, 0.3) is 0 Å². The quantitative estimate of drug-likeness (QED) is 0.160. The average molecular weight is 530 g/mol. The molecule has 0 aliphatic heterocycles. The number of amidine groups is 1. The van der Waals surface area contributed by atoms with Crippen LogP contribution in [0.2, 0.25) is 0 Å². The molecule has 10 nitrogen and oxygen atoms in total. The average Bonchev–Trinajstić information content (AvgIpc) is 3.19. The van der Waals surface area contributed by atoms with Crippen LogP contribution in [-0.2, 0) is 10.0 Å². The number of ether oxygens (including phenoxy) is 1. The fourth-order valence-corrected chi connectivity index (χ4v) is 4.35. The van der Waals surface area contributed by atoms with Crippen LogP contribution in [-0.4, -0.2) is 50.4 Å². The van der Waals surface area contributed by atoms with Crippen LogP contribution in [0, 0.1) is 13.8 Å². The van der Waals surface area contributed by atoms with Gasteiger partial charge in [0.15, 0.2) is 0 Å². The second kappa shape index (κ2) is 12.7. The summed E-state index contributed by atoms with van der Waals surface area (Å²) in [7, 11) is -3.77. The number of aryl methyl sites for hydroxylation is 2. The normalized spacial score (nSPS) is 12.4. The molecule has 0 radical (unpaired) electrons. The molecule has 3 aromatic rings. The van der Waals surface area contributed by atoms with Crippen molar-refractivity contribution in [2.75, 3.05) is 31.7 Å². The van der Waals surface area contributed by atoms with E-state index in [1.165, 1.54) is 23.5 Å². The van der Waals surface area contributed by atoms with E-state index >= 15 is 0 Å². The van der Waals surface area contributed by atoms with E-state index in [2.05, 4.69) is 44.5 Å². The van der Waals surface area contributed by atoms with Crippen molar-refractivity contribution in [3.8, 4) is 5.75 Å². The number of rotatable bonds is 11. The Morgan fingerprint density at radius 1 is 1.08 bits per heavy atom. The van der Waals surface area contributed by atoms with Crippen LogP contribution in [0.3, 0.4) is 0 Å². The third-order valence-electron chi connectivity index (χ3n) is 5.40. The number of aromatic nitrogens is 1. The van der Waals surface area contributed by atoms with Gasteiger partial charge in [-0.25, -0.2) is 18.5 Å². The Bertz CT molecular complexity index is 1280. The molecule has 0 amide bonds. The lowest BCUT2D eigenvalue weighted by Crippen LogP contribution is -2.27. The predicted molar refractivity (Wildman–Crippen MR) is 144 cm³/mol. The number of benzene rings is 2. The van der Waals surface area contributed by atoms with Crippen molar-refractivity contribution in [3.05, 3.63) is 64.7 Å². The van der Waals surface area contributed by atoms with Crippen LogP contribution in [0.4, 0.5) is 10.8 Å². The van der Waals surface area contributed by atoms with Gasteiger partial charge in [0.05, 0.1) is 16.3 Å². The first-order chi connectivity index (χ1) is 17.2. The molecule has 1 heterocycles. The van der Waals surface area contributed by atoms with Gasteiger partial charge in [-0.05, 0) is 75.5 Å². The molecule has 0 fully saturated rings. The molecule has 0 aliphatic carbocycles. The smallest absolute Gasteiger partial charge is 0.238 e. The molecule has 0 saturated heterocycles. The maximum Gasteiger partial charge on any atom is 0.238 e. The summed E-state index contributed by atoms with van der Waals surface area (Å²) in [5.41, 5.74) is 5.08. The molecule has 0 unspecified atom stereocenters. The molecule has 0 spiro atoms. The van der Waals surface area contributed by atoms with E-state index in [9.17, 15) is 8.42 Å². The van der Waals surface area contributed by atoms with Gasteiger partial charge in [0, 0.05) is 17.0 Å². The molecule has 12 heteroatoms. The van der Waals surface area contributed by atoms with E-state index in [0.29, 0.717) is 28.8 Å². The van der Waals surface area contributed by atoms with Crippen molar-refractivity contribution in [1.82, 2.24) is 9.88 Å². The molecule has 2 aromatic carbocycles. The first-order valence-corrected chi connectivity index (χ1v) is 13.8. The monoisotopic (exact) mass is 529 g/mol. The molecule has 0 aliphatic rings. The van der Waals surface area contributed by atoms with Crippen LogP contribution < -0.4 is 15.3 Å². The Morgan fingerprint density at radius 3 is 2.31 bits per heavy atom. The highest BCUT2D eigenvalue weighted by Crippen LogP contribution is 2.25. The van der Waals surface area contributed by atoms with Crippen molar-refractivity contribution < 1.29 is 13.2 Å². The van der Waals surface area contributed by atoms with Gasteiger partial charge >= 0.3 is 0 Å². The van der Waals surface area contributed by atoms with E-state index in [0.717, 1.165) is 36.0 Å². The molecule has 3 N–H and O–H groups in total. The number of sulfonamides is 1. The second-order valence-corrected chi connectivity index (χ2v) is 10.6. The summed E-state index contributed by atoms with van der Waals surface area (Å²) < 4.78 is 28.8. The van der Waals surface area contributed by atoms with E-state index in [4.69, 9.17) is 9.88 Å². The van der Waals surface area contributed by atoms with E-state index in [-0.39, 0.29) is 4.90 Å². The van der Waals surface area contributed by atoms with Crippen molar-refractivity contribution in [1.29, 1.82) is 0 Å². The summed E-state index contributed by atoms with van der Waals surface area (Å²) in [6, 6.07) is 13.4.